The first-order chi connectivity index (χ1) is 8.99. The van der Waals surface area contributed by atoms with Crippen molar-refractivity contribution in [2.45, 2.75) is 0 Å². The lowest BCUT2D eigenvalue weighted by molar-refractivity contribution is 0.601. The molecular weight excluding hydrogens is 309 g/mol. The Bertz CT molecular complexity index is 743. The quantitative estimate of drug-likeness (QED) is 0.505. The van der Waals surface area contributed by atoms with Crippen molar-refractivity contribution in [1.29, 1.82) is 0 Å². The van der Waals surface area contributed by atoms with Crippen molar-refractivity contribution >= 4 is 57.7 Å². The molecule has 0 bridgehead atoms. The first kappa shape index (κ1) is 13.8. The third-order valence-electron chi connectivity index (χ3n) is 2.20. The van der Waals surface area contributed by atoms with Gasteiger partial charge in [-0.3, -0.25) is 10.2 Å². The molecule has 2 rings (SSSR count). The molecule has 3 N–H and O–H groups in total. The minimum Gasteiger partial charge on any atom is -0.462 e. The largest absolute Gasteiger partial charge is 0.462 e. The summed E-state index contributed by atoms with van der Waals surface area (Å²) >= 11 is 16.4. The van der Waals surface area contributed by atoms with E-state index >= 15 is 0 Å². The molecule has 1 aromatic heterocycles. The fourth-order valence-electron chi connectivity index (χ4n) is 1.43. The van der Waals surface area contributed by atoms with Gasteiger partial charge in [0.15, 0.2) is 10.7 Å². The van der Waals surface area contributed by atoms with E-state index in [1.807, 2.05) is 0 Å². The van der Waals surface area contributed by atoms with Gasteiger partial charge < -0.3 is 10.2 Å². The zero-order valence-corrected chi connectivity index (χ0v) is 11.6. The molecule has 0 radical (unpaired) electrons. The average Bonchev–Trinajstić information content (AvgIpc) is 2.32. The van der Waals surface area contributed by atoms with Gasteiger partial charge in [-0.2, -0.15) is 5.10 Å². The van der Waals surface area contributed by atoms with Crippen LogP contribution in [0.3, 0.4) is 0 Å². The van der Waals surface area contributed by atoms with Crippen molar-refractivity contribution in [3.05, 3.63) is 44.2 Å². The van der Waals surface area contributed by atoms with E-state index in [0.717, 1.165) is 0 Å². The molecule has 0 saturated carbocycles. The van der Waals surface area contributed by atoms with E-state index in [1.54, 1.807) is 0 Å². The highest BCUT2D eigenvalue weighted by atomic mass is 35.5. The third kappa shape index (κ3) is 3.04. The van der Waals surface area contributed by atoms with Crippen LogP contribution >= 0.6 is 35.4 Å². The molecule has 8 heteroatoms. The van der Waals surface area contributed by atoms with Crippen LogP contribution in [0.1, 0.15) is 5.56 Å². The second-order valence-electron chi connectivity index (χ2n) is 3.52. The van der Waals surface area contributed by atoms with Crippen molar-refractivity contribution < 1.29 is 4.42 Å². The third-order valence-corrected chi connectivity index (χ3v) is 2.79. The number of nitrogens with one attached hydrogen (secondary N) is 1. The highest BCUT2D eigenvalue weighted by Gasteiger charge is 2.10. The molecule has 0 fully saturated rings. The van der Waals surface area contributed by atoms with Crippen molar-refractivity contribution in [3.63, 3.8) is 0 Å². The summed E-state index contributed by atoms with van der Waals surface area (Å²) in [7, 11) is 0. The summed E-state index contributed by atoms with van der Waals surface area (Å²) in [5.74, 6) is 0. The van der Waals surface area contributed by atoms with Gasteiger partial charge in [-0.15, -0.1) is 0 Å². The molecule has 0 aliphatic heterocycles. The van der Waals surface area contributed by atoms with Crippen LogP contribution < -0.4 is 16.6 Å². The molecule has 2 aromatic rings. The summed E-state index contributed by atoms with van der Waals surface area (Å²) in [6.45, 7) is 0. The number of fused-ring (bicyclic) bond motifs is 1. The lowest BCUT2D eigenvalue weighted by atomic mass is 10.2. The van der Waals surface area contributed by atoms with Crippen LogP contribution in [-0.4, -0.2) is 11.3 Å². The summed E-state index contributed by atoms with van der Waals surface area (Å²) in [5, 5.41) is 4.57. The highest BCUT2D eigenvalue weighted by molar-refractivity contribution is 7.80. The van der Waals surface area contributed by atoms with E-state index in [9.17, 15) is 4.79 Å². The van der Waals surface area contributed by atoms with Crippen LogP contribution in [0.4, 0.5) is 0 Å². The van der Waals surface area contributed by atoms with Crippen molar-refractivity contribution in [2.24, 2.45) is 10.8 Å². The smallest absolute Gasteiger partial charge is 0.201 e. The Morgan fingerprint density at radius 2 is 2.21 bits per heavy atom. The Morgan fingerprint density at radius 1 is 1.47 bits per heavy atom. The summed E-state index contributed by atoms with van der Waals surface area (Å²) in [6.07, 6.45) is 2.49. The minimum atomic E-state index is -0.306. The molecule has 0 atom stereocenters. The number of hydrazone groups is 1. The number of nitrogens with zero attached hydrogens (tertiary/aromatic N) is 1. The van der Waals surface area contributed by atoms with Crippen LogP contribution in [0.15, 0.2) is 32.7 Å². The summed E-state index contributed by atoms with van der Waals surface area (Å²) in [5.41, 5.74) is 7.72. The van der Waals surface area contributed by atoms with Crippen LogP contribution in [0.5, 0.6) is 0 Å². The second-order valence-corrected chi connectivity index (χ2v) is 4.80. The van der Waals surface area contributed by atoms with E-state index in [-0.39, 0.29) is 32.1 Å². The maximum absolute atomic E-state index is 12.1. The van der Waals surface area contributed by atoms with Gasteiger partial charge in [-0.1, -0.05) is 23.2 Å². The Morgan fingerprint density at radius 3 is 2.89 bits per heavy atom. The Balaban J connectivity index is 2.55. The maximum atomic E-state index is 12.1. The second kappa shape index (κ2) is 5.56. The normalized spacial score (nSPS) is 11.1. The van der Waals surface area contributed by atoms with E-state index in [0.29, 0.717) is 5.02 Å². The monoisotopic (exact) mass is 315 g/mol. The fourth-order valence-corrected chi connectivity index (χ4v) is 2.03. The number of hydrogen-bond acceptors (Lipinski definition) is 4. The van der Waals surface area contributed by atoms with Crippen LogP contribution in [0, 0.1) is 0 Å². The van der Waals surface area contributed by atoms with E-state index in [2.05, 4.69) is 22.7 Å². The van der Waals surface area contributed by atoms with Crippen molar-refractivity contribution in [3.8, 4) is 0 Å². The van der Waals surface area contributed by atoms with Crippen molar-refractivity contribution in [2.75, 3.05) is 0 Å². The molecule has 98 valence electrons. The van der Waals surface area contributed by atoms with E-state index in [1.165, 1.54) is 24.6 Å². The summed E-state index contributed by atoms with van der Waals surface area (Å²) in [4.78, 5) is 12.1. The summed E-state index contributed by atoms with van der Waals surface area (Å²) < 4.78 is 5.29. The molecule has 0 unspecified atom stereocenters. The highest BCUT2D eigenvalue weighted by Crippen LogP contribution is 2.25. The van der Waals surface area contributed by atoms with Gasteiger partial charge in [-0.25, -0.2) is 0 Å². The number of rotatable bonds is 2. The topological polar surface area (TPSA) is 80.6 Å². The fraction of sp³-hybridized carbons (Fsp3) is 0. The molecular formula is C11H7Cl2N3O2S. The van der Waals surface area contributed by atoms with Gasteiger partial charge in [0.05, 0.1) is 22.2 Å². The van der Waals surface area contributed by atoms with Crippen LogP contribution in [0.25, 0.3) is 11.0 Å². The van der Waals surface area contributed by atoms with Crippen LogP contribution in [0.2, 0.25) is 10.0 Å². The lowest BCUT2D eigenvalue weighted by Gasteiger charge is -2.01. The lowest BCUT2D eigenvalue weighted by Crippen LogP contribution is -2.24. The van der Waals surface area contributed by atoms with Gasteiger partial charge in [0.1, 0.15) is 6.26 Å². The standard InChI is InChI=1S/C11H7Cl2N3O2S/c12-6-1-7-9(17)5(3-15-16-11(14)19)4-18-10(7)8(13)2-6/h1-4H,(H3,14,16,19). The predicted octanol–water partition coefficient (Wildman–Crippen LogP) is 2.27. The summed E-state index contributed by atoms with van der Waals surface area (Å²) in [6, 6.07) is 2.98. The van der Waals surface area contributed by atoms with Gasteiger partial charge >= 0.3 is 0 Å². The number of nitrogens with two attached hydrogens (primary N) is 1. The molecule has 5 nitrogen and oxygen atoms in total. The maximum Gasteiger partial charge on any atom is 0.201 e. The van der Waals surface area contributed by atoms with Gasteiger partial charge in [0.2, 0.25) is 5.43 Å². The zero-order chi connectivity index (χ0) is 14.0. The Kier molecular flexibility index (Phi) is 4.04. The number of thiocarbonyl (C=S) groups is 1. The first-order valence-corrected chi connectivity index (χ1v) is 6.14. The first-order valence-electron chi connectivity index (χ1n) is 4.98. The molecule has 0 spiro atoms. The molecule has 0 amide bonds. The SMILES string of the molecule is NC(=S)NN=Cc1coc2c(Cl)cc(Cl)cc2c1=O. The zero-order valence-electron chi connectivity index (χ0n) is 9.31. The number of benzene rings is 1. The Labute approximate surface area is 123 Å². The Hall–Kier alpha value is -1.63. The number of halogens is 2. The van der Waals surface area contributed by atoms with Gasteiger partial charge in [0, 0.05) is 5.02 Å². The molecule has 19 heavy (non-hydrogen) atoms. The van der Waals surface area contributed by atoms with Crippen molar-refractivity contribution in [1.82, 2.24) is 5.43 Å². The molecule has 0 aliphatic rings. The minimum absolute atomic E-state index is 0.00693. The van der Waals surface area contributed by atoms with E-state index in [4.69, 9.17) is 33.4 Å². The van der Waals surface area contributed by atoms with Crippen LogP contribution in [-0.2, 0) is 0 Å². The van der Waals surface area contributed by atoms with E-state index < -0.39 is 0 Å². The number of hydrogen-bond donors (Lipinski definition) is 2. The average molecular weight is 316 g/mol. The van der Waals surface area contributed by atoms with Gasteiger partial charge in [-0.05, 0) is 24.4 Å². The van der Waals surface area contributed by atoms with Gasteiger partial charge in [0.25, 0.3) is 0 Å². The molecule has 1 heterocycles. The molecule has 0 saturated heterocycles. The molecule has 1 aromatic carbocycles. The predicted molar refractivity (Wildman–Crippen MR) is 80.0 cm³/mol. The molecule has 0 aliphatic carbocycles.